The lowest BCUT2D eigenvalue weighted by Gasteiger charge is -2.48. The molecule has 0 bridgehead atoms. The number of rotatable bonds is 4. The Bertz CT molecular complexity index is 677. The molecule has 3 fully saturated rings. The number of carbonyl (C=O) groups excluding carboxylic acids is 1. The quantitative estimate of drug-likeness (QED) is 0.804. The van der Waals surface area contributed by atoms with E-state index in [9.17, 15) is 4.79 Å². The summed E-state index contributed by atoms with van der Waals surface area (Å²) in [6, 6.07) is 2.04. The maximum absolute atomic E-state index is 12.4. The van der Waals surface area contributed by atoms with Gasteiger partial charge >= 0.3 is 0 Å². The summed E-state index contributed by atoms with van der Waals surface area (Å²) in [6.07, 6.45) is 5.96. The van der Waals surface area contributed by atoms with E-state index >= 15 is 0 Å². The van der Waals surface area contributed by atoms with E-state index in [0.717, 1.165) is 76.4 Å². The van der Waals surface area contributed by atoms with Crippen LogP contribution in [0.25, 0.3) is 0 Å². The highest BCUT2D eigenvalue weighted by Gasteiger charge is 2.45. The van der Waals surface area contributed by atoms with Crippen molar-refractivity contribution in [3.8, 4) is 0 Å². The number of nitrogen functional groups attached to an aromatic ring is 1. The molecule has 0 saturated carbocycles. The summed E-state index contributed by atoms with van der Waals surface area (Å²) in [4.78, 5) is 25.8. The first-order valence-corrected chi connectivity index (χ1v) is 10.1. The van der Waals surface area contributed by atoms with Crippen molar-refractivity contribution >= 4 is 17.7 Å². The highest BCUT2D eigenvalue weighted by atomic mass is 16.5. The molecular formula is C19H30N6O2. The maximum Gasteiger partial charge on any atom is 0.238 e. The van der Waals surface area contributed by atoms with E-state index in [2.05, 4.69) is 19.8 Å². The third-order valence-electron chi connectivity index (χ3n) is 6.43. The number of anilines is 2. The van der Waals surface area contributed by atoms with Crippen molar-refractivity contribution in [3.63, 3.8) is 0 Å². The molecule has 3 saturated heterocycles. The molecule has 0 spiro atoms. The van der Waals surface area contributed by atoms with Crippen molar-refractivity contribution in [1.29, 1.82) is 0 Å². The summed E-state index contributed by atoms with van der Waals surface area (Å²) >= 11 is 0. The Kier molecular flexibility index (Phi) is 5.19. The van der Waals surface area contributed by atoms with Crippen molar-refractivity contribution < 1.29 is 9.53 Å². The number of amides is 1. The second kappa shape index (κ2) is 7.59. The van der Waals surface area contributed by atoms with Crippen LogP contribution < -0.4 is 16.4 Å². The first kappa shape index (κ1) is 18.4. The van der Waals surface area contributed by atoms with Crippen LogP contribution in [0.15, 0.2) is 6.07 Å². The molecule has 0 aliphatic carbocycles. The predicted molar refractivity (Wildman–Crippen MR) is 103 cm³/mol. The fraction of sp³-hybridized carbons (Fsp3) is 0.737. The SMILES string of the molecule is NC(=O)C1(N2CCCCC2)CCN(c2cc([C@@H]3CCOC3)nc(N)n2)CC1. The number of piperidine rings is 2. The summed E-state index contributed by atoms with van der Waals surface area (Å²) < 4.78 is 5.49. The van der Waals surface area contributed by atoms with Gasteiger partial charge in [0.05, 0.1) is 12.3 Å². The smallest absolute Gasteiger partial charge is 0.238 e. The van der Waals surface area contributed by atoms with Gasteiger partial charge in [0.1, 0.15) is 11.4 Å². The van der Waals surface area contributed by atoms with E-state index in [1.807, 2.05) is 6.07 Å². The molecule has 4 heterocycles. The lowest BCUT2D eigenvalue weighted by molar-refractivity contribution is -0.132. The molecule has 1 amide bonds. The molecule has 4 N–H and O–H groups in total. The normalized spacial score (nSPS) is 26.2. The Morgan fingerprint density at radius 3 is 2.52 bits per heavy atom. The number of hydrogen-bond donors (Lipinski definition) is 2. The Hall–Kier alpha value is -1.93. The van der Waals surface area contributed by atoms with Crippen LogP contribution in [0.5, 0.6) is 0 Å². The first-order valence-electron chi connectivity index (χ1n) is 10.1. The van der Waals surface area contributed by atoms with E-state index in [1.165, 1.54) is 6.42 Å². The van der Waals surface area contributed by atoms with Crippen molar-refractivity contribution in [3.05, 3.63) is 11.8 Å². The number of likely N-dealkylation sites (tertiary alicyclic amines) is 1. The van der Waals surface area contributed by atoms with Crippen molar-refractivity contribution in [2.75, 3.05) is 50.0 Å². The molecule has 3 aliphatic rings. The molecule has 3 aliphatic heterocycles. The van der Waals surface area contributed by atoms with Crippen LogP contribution >= 0.6 is 0 Å². The first-order chi connectivity index (χ1) is 13.1. The van der Waals surface area contributed by atoms with Gasteiger partial charge in [-0.25, -0.2) is 4.98 Å². The van der Waals surface area contributed by atoms with Crippen LogP contribution in [0.2, 0.25) is 0 Å². The van der Waals surface area contributed by atoms with Crippen LogP contribution in [0.3, 0.4) is 0 Å². The van der Waals surface area contributed by atoms with Gasteiger partial charge in [0.2, 0.25) is 11.9 Å². The standard InChI is InChI=1S/C19H30N6O2/c20-17(26)19(25-7-2-1-3-8-25)5-9-24(10-6-19)16-12-15(22-18(21)23-16)14-4-11-27-13-14/h12,14H,1-11,13H2,(H2,20,26)(H2,21,22,23)/t14-/m1/s1. The molecule has 1 atom stereocenters. The minimum Gasteiger partial charge on any atom is -0.381 e. The molecule has 4 rings (SSSR count). The topological polar surface area (TPSA) is 111 Å². The van der Waals surface area contributed by atoms with Gasteiger partial charge in [-0.2, -0.15) is 4.98 Å². The van der Waals surface area contributed by atoms with Crippen LogP contribution in [0, 0.1) is 0 Å². The molecule has 8 heteroatoms. The van der Waals surface area contributed by atoms with Gasteiger partial charge in [0, 0.05) is 31.7 Å². The van der Waals surface area contributed by atoms with E-state index < -0.39 is 5.54 Å². The summed E-state index contributed by atoms with van der Waals surface area (Å²) in [5, 5.41) is 0. The molecule has 0 unspecified atom stereocenters. The zero-order chi connectivity index (χ0) is 18.9. The highest BCUT2D eigenvalue weighted by Crippen LogP contribution is 2.34. The predicted octanol–water partition coefficient (Wildman–Crippen LogP) is 0.873. The van der Waals surface area contributed by atoms with Crippen LogP contribution in [-0.2, 0) is 9.53 Å². The number of carbonyl (C=O) groups is 1. The summed E-state index contributed by atoms with van der Waals surface area (Å²) in [7, 11) is 0. The minimum atomic E-state index is -0.516. The van der Waals surface area contributed by atoms with Crippen molar-refractivity contribution in [1.82, 2.24) is 14.9 Å². The van der Waals surface area contributed by atoms with E-state index in [0.29, 0.717) is 12.6 Å². The van der Waals surface area contributed by atoms with Crippen molar-refractivity contribution in [2.45, 2.75) is 50.0 Å². The van der Waals surface area contributed by atoms with Crippen LogP contribution in [-0.4, -0.2) is 65.7 Å². The Morgan fingerprint density at radius 2 is 1.89 bits per heavy atom. The second-order valence-electron chi connectivity index (χ2n) is 8.00. The molecule has 0 radical (unpaired) electrons. The minimum absolute atomic E-state index is 0.185. The van der Waals surface area contributed by atoms with E-state index in [-0.39, 0.29) is 11.8 Å². The van der Waals surface area contributed by atoms with Gasteiger partial charge in [-0.1, -0.05) is 6.42 Å². The zero-order valence-electron chi connectivity index (χ0n) is 15.9. The molecule has 1 aromatic rings. The Labute approximate surface area is 160 Å². The number of ether oxygens (including phenoxy) is 1. The van der Waals surface area contributed by atoms with Crippen LogP contribution in [0.4, 0.5) is 11.8 Å². The van der Waals surface area contributed by atoms with E-state index in [1.54, 1.807) is 0 Å². The number of nitrogens with two attached hydrogens (primary N) is 2. The molecular weight excluding hydrogens is 344 g/mol. The fourth-order valence-corrected chi connectivity index (χ4v) is 4.76. The monoisotopic (exact) mass is 374 g/mol. The lowest BCUT2D eigenvalue weighted by atomic mass is 9.83. The number of aromatic nitrogens is 2. The third kappa shape index (κ3) is 3.60. The Morgan fingerprint density at radius 1 is 1.15 bits per heavy atom. The van der Waals surface area contributed by atoms with Crippen LogP contribution in [0.1, 0.15) is 50.1 Å². The fourth-order valence-electron chi connectivity index (χ4n) is 4.76. The molecule has 0 aromatic carbocycles. The Balaban J connectivity index is 1.50. The zero-order valence-corrected chi connectivity index (χ0v) is 15.9. The second-order valence-corrected chi connectivity index (χ2v) is 8.00. The number of nitrogens with zero attached hydrogens (tertiary/aromatic N) is 4. The molecule has 8 nitrogen and oxygen atoms in total. The summed E-state index contributed by atoms with van der Waals surface area (Å²) in [5.74, 6) is 1.25. The molecule has 27 heavy (non-hydrogen) atoms. The number of primary amides is 1. The van der Waals surface area contributed by atoms with Gasteiger partial charge in [-0.15, -0.1) is 0 Å². The lowest BCUT2D eigenvalue weighted by Crippen LogP contribution is -2.63. The summed E-state index contributed by atoms with van der Waals surface area (Å²) in [6.45, 7) is 4.89. The highest BCUT2D eigenvalue weighted by molar-refractivity contribution is 5.85. The van der Waals surface area contributed by atoms with Gasteiger partial charge < -0.3 is 21.1 Å². The van der Waals surface area contributed by atoms with E-state index in [4.69, 9.17) is 16.2 Å². The average Bonchev–Trinajstić information content (AvgIpc) is 3.23. The summed E-state index contributed by atoms with van der Waals surface area (Å²) in [5.41, 5.74) is 12.3. The van der Waals surface area contributed by atoms with Gasteiger partial charge in [-0.05, 0) is 45.2 Å². The average molecular weight is 374 g/mol. The van der Waals surface area contributed by atoms with Gasteiger partial charge in [0.25, 0.3) is 0 Å². The van der Waals surface area contributed by atoms with Gasteiger partial charge in [-0.3, -0.25) is 9.69 Å². The third-order valence-corrected chi connectivity index (χ3v) is 6.43. The molecule has 148 valence electrons. The number of hydrogen-bond acceptors (Lipinski definition) is 7. The maximum atomic E-state index is 12.4. The molecule has 1 aromatic heterocycles. The largest absolute Gasteiger partial charge is 0.381 e. The van der Waals surface area contributed by atoms with Gasteiger partial charge in [0.15, 0.2) is 0 Å². The van der Waals surface area contributed by atoms with Crippen molar-refractivity contribution in [2.24, 2.45) is 5.73 Å².